The van der Waals surface area contributed by atoms with Crippen LogP contribution in [0.25, 0.3) is 10.9 Å². The Morgan fingerprint density at radius 1 is 1.47 bits per heavy atom. The fourth-order valence-electron chi connectivity index (χ4n) is 1.81. The molecule has 1 heterocycles. The Morgan fingerprint density at radius 2 is 2.18 bits per heavy atom. The average Bonchev–Trinajstić information content (AvgIpc) is 2.28. The number of benzene rings is 1. The second kappa shape index (κ2) is 4.33. The van der Waals surface area contributed by atoms with Gasteiger partial charge in [-0.1, -0.05) is 12.1 Å². The summed E-state index contributed by atoms with van der Waals surface area (Å²) in [5.74, 6) is -0.710. The van der Waals surface area contributed by atoms with Gasteiger partial charge in [-0.05, 0) is 28.9 Å². The zero-order chi connectivity index (χ0) is 12.6. The Morgan fingerprint density at radius 3 is 2.76 bits per heavy atom. The number of carboxylic acid groups (broad SMARTS) is 1. The second-order valence-corrected chi connectivity index (χ2v) is 4.40. The number of carboxylic acids is 1. The highest BCUT2D eigenvalue weighted by atomic mass is 79.9. The van der Waals surface area contributed by atoms with Gasteiger partial charge >= 0.3 is 5.97 Å². The van der Waals surface area contributed by atoms with Crippen LogP contribution in [0, 0.1) is 6.92 Å². The molecular formula is C12H10BrNO3. The van der Waals surface area contributed by atoms with Crippen LogP contribution < -0.4 is 4.74 Å². The van der Waals surface area contributed by atoms with Gasteiger partial charge in [0.05, 0.1) is 18.3 Å². The number of halogens is 1. The molecule has 4 nitrogen and oxygen atoms in total. The van der Waals surface area contributed by atoms with Crippen LogP contribution in [0.15, 0.2) is 22.7 Å². The van der Waals surface area contributed by atoms with Crippen LogP contribution in [0.4, 0.5) is 0 Å². The van der Waals surface area contributed by atoms with E-state index in [0.717, 1.165) is 4.47 Å². The lowest BCUT2D eigenvalue weighted by atomic mass is 10.1. The molecule has 0 amide bonds. The Kier molecular flexibility index (Phi) is 3.02. The van der Waals surface area contributed by atoms with E-state index >= 15 is 0 Å². The summed E-state index contributed by atoms with van der Waals surface area (Å²) in [6.45, 7) is 1.73. The summed E-state index contributed by atoms with van der Waals surface area (Å²) in [7, 11) is 1.44. The SMILES string of the molecule is COc1c(C)nc2c(Br)cccc2c1C(=O)O. The van der Waals surface area contributed by atoms with Crippen LogP contribution in [0.2, 0.25) is 0 Å². The van der Waals surface area contributed by atoms with Crippen molar-refractivity contribution < 1.29 is 14.6 Å². The topological polar surface area (TPSA) is 59.4 Å². The molecule has 0 unspecified atom stereocenters. The number of ether oxygens (including phenoxy) is 1. The molecule has 2 aromatic rings. The number of para-hydroxylation sites is 1. The zero-order valence-electron chi connectivity index (χ0n) is 9.32. The molecule has 2 rings (SSSR count). The van der Waals surface area contributed by atoms with E-state index < -0.39 is 5.97 Å². The van der Waals surface area contributed by atoms with E-state index in [-0.39, 0.29) is 5.56 Å². The van der Waals surface area contributed by atoms with Crippen LogP contribution in [-0.4, -0.2) is 23.2 Å². The predicted octanol–water partition coefficient (Wildman–Crippen LogP) is 3.01. The molecule has 1 aromatic heterocycles. The summed E-state index contributed by atoms with van der Waals surface area (Å²) in [4.78, 5) is 15.7. The minimum atomic E-state index is -1.02. The van der Waals surface area contributed by atoms with E-state index in [1.54, 1.807) is 19.1 Å². The van der Waals surface area contributed by atoms with E-state index in [1.165, 1.54) is 7.11 Å². The number of aromatic carboxylic acids is 1. The van der Waals surface area contributed by atoms with Crippen LogP contribution in [0.5, 0.6) is 5.75 Å². The van der Waals surface area contributed by atoms with E-state index in [0.29, 0.717) is 22.3 Å². The number of pyridine rings is 1. The number of fused-ring (bicyclic) bond motifs is 1. The van der Waals surface area contributed by atoms with E-state index in [2.05, 4.69) is 20.9 Å². The predicted molar refractivity (Wildman–Crippen MR) is 67.7 cm³/mol. The van der Waals surface area contributed by atoms with Crippen molar-refractivity contribution >= 4 is 32.8 Å². The fourth-order valence-corrected chi connectivity index (χ4v) is 2.27. The molecule has 1 aromatic carbocycles. The minimum absolute atomic E-state index is 0.149. The van der Waals surface area contributed by atoms with Crippen molar-refractivity contribution in [2.75, 3.05) is 7.11 Å². The lowest BCUT2D eigenvalue weighted by molar-refractivity contribution is 0.0695. The van der Waals surface area contributed by atoms with Crippen molar-refractivity contribution in [2.24, 2.45) is 0 Å². The average molecular weight is 296 g/mol. The van der Waals surface area contributed by atoms with Crippen molar-refractivity contribution in [1.82, 2.24) is 4.98 Å². The molecule has 0 aliphatic heterocycles. The summed E-state index contributed by atoms with van der Waals surface area (Å²) in [6.07, 6.45) is 0. The minimum Gasteiger partial charge on any atom is -0.494 e. The summed E-state index contributed by atoms with van der Waals surface area (Å²) >= 11 is 3.36. The van der Waals surface area contributed by atoms with Gasteiger partial charge in [-0.2, -0.15) is 0 Å². The first-order valence-corrected chi connectivity index (χ1v) is 5.71. The van der Waals surface area contributed by atoms with Gasteiger partial charge in [-0.3, -0.25) is 0 Å². The highest BCUT2D eigenvalue weighted by Gasteiger charge is 2.19. The number of aromatic nitrogens is 1. The summed E-state index contributed by atoms with van der Waals surface area (Å²) in [5.41, 5.74) is 1.34. The second-order valence-electron chi connectivity index (χ2n) is 3.55. The Labute approximate surface area is 106 Å². The number of hydrogen-bond acceptors (Lipinski definition) is 3. The largest absolute Gasteiger partial charge is 0.494 e. The lowest BCUT2D eigenvalue weighted by Gasteiger charge is -2.11. The van der Waals surface area contributed by atoms with Gasteiger partial charge in [0.15, 0.2) is 5.75 Å². The third-order valence-electron chi connectivity index (χ3n) is 2.51. The molecule has 0 bridgehead atoms. The maximum Gasteiger partial charge on any atom is 0.340 e. The van der Waals surface area contributed by atoms with Gasteiger partial charge in [-0.25, -0.2) is 9.78 Å². The number of hydrogen-bond donors (Lipinski definition) is 1. The quantitative estimate of drug-likeness (QED) is 0.925. The molecule has 88 valence electrons. The molecule has 0 atom stereocenters. The van der Waals surface area contributed by atoms with E-state index in [1.807, 2.05) is 6.07 Å². The molecule has 1 N–H and O–H groups in total. The Bertz CT molecular complexity index is 610. The molecule has 5 heteroatoms. The molecule has 17 heavy (non-hydrogen) atoms. The van der Waals surface area contributed by atoms with E-state index in [9.17, 15) is 9.90 Å². The molecule has 0 spiro atoms. The first-order valence-electron chi connectivity index (χ1n) is 4.92. The standard InChI is InChI=1S/C12H10BrNO3/c1-6-11(17-2)9(12(15)16)7-4-3-5-8(13)10(7)14-6/h3-5H,1-2H3,(H,15,16). The maximum atomic E-state index is 11.3. The van der Waals surface area contributed by atoms with Crippen molar-refractivity contribution in [3.8, 4) is 5.75 Å². The summed E-state index contributed by atoms with van der Waals surface area (Å²) < 4.78 is 5.89. The number of methoxy groups -OCH3 is 1. The van der Waals surface area contributed by atoms with Gasteiger partial charge in [-0.15, -0.1) is 0 Å². The Balaban J connectivity index is 2.98. The van der Waals surface area contributed by atoms with Crippen LogP contribution >= 0.6 is 15.9 Å². The van der Waals surface area contributed by atoms with Gasteiger partial charge in [0.2, 0.25) is 0 Å². The van der Waals surface area contributed by atoms with Crippen molar-refractivity contribution in [3.05, 3.63) is 33.9 Å². The number of aryl methyl sites for hydroxylation is 1. The highest BCUT2D eigenvalue weighted by Crippen LogP contribution is 2.32. The molecule has 0 radical (unpaired) electrons. The first kappa shape index (κ1) is 11.9. The third kappa shape index (κ3) is 1.86. The van der Waals surface area contributed by atoms with Gasteiger partial charge < -0.3 is 9.84 Å². The Hall–Kier alpha value is -1.62. The smallest absolute Gasteiger partial charge is 0.340 e. The molecule has 0 fully saturated rings. The summed E-state index contributed by atoms with van der Waals surface area (Å²) in [5, 5.41) is 9.85. The number of nitrogens with zero attached hydrogens (tertiary/aromatic N) is 1. The maximum absolute atomic E-state index is 11.3. The third-order valence-corrected chi connectivity index (χ3v) is 3.15. The van der Waals surface area contributed by atoms with Crippen LogP contribution in [-0.2, 0) is 0 Å². The molecular weight excluding hydrogens is 286 g/mol. The first-order chi connectivity index (χ1) is 8.06. The van der Waals surface area contributed by atoms with Crippen LogP contribution in [0.1, 0.15) is 16.1 Å². The molecule has 0 saturated heterocycles. The lowest BCUT2D eigenvalue weighted by Crippen LogP contribution is -2.05. The van der Waals surface area contributed by atoms with E-state index in [4.69, 9.17) is 4.74 Å². The van der Waals surface area contributed by atoms with Crippen molar-refractivity contribution in [2.45, 2.75) is 6.92 Å². The van der Waals surface area contributed by atoms with Crippen LogP contribution in [0.3, 0.4) is 0 Å². The normalized spacial score (nSPS) is 10.5. The van der Waals surface area contributed by atoms with Crippen molar-refractivity contribution in [1.29, 1.82) is 0 Å². The highest BCUT2D eigenvalue weighted by molar-refractivity contribution is 9.10. The van der Waals surface area contributed by atoms with Gasteiger partial charge in [0, 0.05) is 9.86 Å². The molecule has 0 aliphatic rings. The van der Waals surface area contributed by atoms with Gasteiger partial charge in [0.25, 0.3) is 0 Å². The molecule has 0 aliphatic carbocycles. The fraction of sp³-hybridized carbons (Fsp3) is 0.167. The number of carbonyl (C=O) groups is 1. The van der Waals surface area contributed by atoms with Crippen molar-refractivity contribution in [3.63, 3.8) is 0 Å². The molecule has 0 saturated carbocycles. The summed E-state index contributed by atoms with van der Waals surface area (Å²) in [6, 6.07) is 5.32. The number of rotatable bonds is 2. The van der Waals surface area contributed by atoms with Gasteiger partial charge in [0.1, 0.15) is 5.56 Å². The zero-order valence-corrected chi connectivity index (χ0v) is 10.9. The monoisotopic (exact) mass is 295 g/mol.